The van der Waals surface area contributed by atoms with E-state index in [0.29, 0.717) is 30.0 Å². The van der Waals surface area contributed by atoms with E-state index in [9.17, 15) is 29.3 Å². The number of nitrogens with one attached hydrogen (secondary N) is 1. The molecule has 1 amide bonds. The molecule has 1 heterocycles. The summed E-state index contributed by atoms with van der Waals surface area (Å²) in [4.78, 5) is 28.5. The number of aliphatic hydroxyl groups is 2. The Kier molecular flexibility index (Phi) is 12.4. The molecule has 0 saturated heterocycles. The number of aliphatic hydroxyl groups excluding tert-OH is 2. The van der Waals surface area contributed by atoms with Crippen molar-refractivity contribution in [3.05, 3.63) is 77.4 Å². The van der Waals surface area contributed by atoms with Crippen LogP contribution in [-0.4, -0.2) is 43.8 Å². The van der Waals surface area contributed by atoms with E-state index < -0.39 is 30.4 Å². The summed E-state index contributed by atoms with van der Waals surface area (Å²) in [7, 11) is 0. The number of rotatable bonds is 13. The number of carbonyl (C=O) groups is 2. The minimum absolute atomic E-state index is 0. The normalized spacial score (nSPS) is 12.4. The number of aliphatic carboxylic acids is 1. The molecule has 0 fully saturated rings. The van der Waals surface area contributed by atoms with Crippen molar-refractivity contribution in [2.24, 2.45) is 0 Å². The third-order valence-electron chi connectivity index (χ3n) is 5.81. The Bertz CT molecular complexity index is 1150. The first-order chi connectivity index (χ1) is 17.3. The second-order valence-corrected chi connectivity index (χ2v) is 8.72. The Balaban J connectivity index is 0.00000481. The molecule has 0 radical (unpaired) electrons. The van der Waals surface area contributed by atoms with Gasteiger partial charge in [-0.05, 0) is 49.1 Å². The van der Waals surface area contributed by atoms with Gasteiger partial charge in [-0.3, -0.25) is 4.79 Å². The summed E-state index contributed by atoms with van der Waals surface area (Å²) in [6.45, 7) is 2.57. The zero-order chi connectivity index (χ0) is 26.1. The van der Waals surface area contributed by atoms with Crippen LogP contribution in [0.5, 0.6) is 0 Å². The van der Waals surface area contributed by atoms with E-state index in [2.05, 4.69) is 10.3 Å². The first-order valence-electron chi connectivity index (χ1n) is 12.0. The van der Waals surface area contributed by atoms with Crippen LogP contribution in [0.2, 0.25) is 0 Å². The summed E-state index contributed by atoms with van der Waals surface area (Å²) in [6.07, 6.45) is -1.41. The van der Waals surface area contributed by atoms with Crippen molar-refractivity contribution < 1.29 is 58.9 Å². The Labute approximate surface area is 237 Å². The van der Waals surface area contributed by atoms with Crippen molar-refractivity contribution >= 4 is 11.9 Å². The van der Waals surface area contributed by atoms with Crippen LogP contribution in [0.4, 0.5) is 4.39 Å². The number of benzene rings is 2. The molecule has 0 spiro atoms. The zero-order valence-corrected chi connectivity index (χ0v) is 23.2. The first-order valence-corrected chi connectivity index (χ1v) is 12.0. The summed E-state index contributed by atoms with van der Waals surface area (Å²) >= 11 is 0. The predicted molar refractivity (Wildman–Crippen MR) is 130 cm³/mol. The molecule has 3 aromatic rings. The second-order valence-electron chi connectivity index (χ2n) is 8.72. The fraction of sp³-hybridized carbons (Fsp3) is 0.370. The second kappa shape index (κ2) is 15.0. The summed E-state index contributed by atoms with van der Waals surface area (Å²) in [5.74, 6) is -1.66. The van der Waals surface area contributed by atoms with Crippen LogP contribution in [0.25, 0.3) is 11.4 Å². The number of amides is 1. The monoisotopic (exact) mass is 519 g/mol. The first kappa shape index (κ1) is 30.7. The molecular formula is C27H31FN3NaO5. The molecule has 0 saturated carbocycles. The van der Waals surface area contributed by atoms with Gasteiger partial charge in [0.15, 0.2) is 0 Å². The van der Waals surface area contributed by atoms with Crippen LogP contribution in [0.3, 0.4) is 0 Å². The van der Waals surface area contributed by atoms with E-state index in [1.807, 2.05) is 41.8 Å². The number of carboxylic acid groups (broad SMARTS) is 1. The number of carboxylic acids is 1. The summed E-state index contributed by atoms with van der Waals surface area (Å²) in [5, 5.41) is 33.8. The van der Waals surface area contributed by atoms with E-state index in [-0.39, 0.29) is 60.5 Å². The van der Waals surface area contributed by atoms with Crippen molar-refractivity contribution in [2.45, 2.75) is 64.3 Å². The van der Waals surface area contributed by atoms with Gasteiger partial charge in [-0.2, -0.15) is 0 Å². The average Bonchev–Trinajstić information content (AvgIpc) is 3.20. The number of hydrogen-bond acceptors (Lipinski definition) is 6. The average molecular weight is 520 g/mol. The molecule has 192 valence electrons. The number of carbonyl (C=O) groups excluding carboxylic acids is 2. The van der Waals surface area contributed by atoms with Crippen molar-refractivity contribution in [1.29, 1.82) is 0 Å². The Morgan fingerprint density at radius 1 is 1.08 bits per heavy atom. The molecule has 0 aliphatic carbocycles. The third kappa shape index (κ3) is 9.05. The maximum absolute atomic E-state index is 13.6. The van der Waals surface area contributed by atoms with E-state index in [1.165, 1.54) is 12.1 Å². The van der Waals surface area contributed by atoms with Crippen LogP contribution < -0.4 is 40.0 Å². The van der Waals surface area contributed by atoms with Gasteiger partial charge in [0.2, 0.25) is 0 Å². The van der Waals surface area contributed by atoms with Crippen molar-refractivity contribution in [3.8, 4) is 11.4 Å². The molecular weight excluding hydrogens is 488 g/mol. The van der Waals surface area contributed by atoms with Gasteiger partial charge in [-0.1, -0.05) is 43.7 Å². The maximum atomic E-state index is 13.6. The molecule has 3 rings (SSSR count). The number of hydrogen-bond donors (Lipinski definition) is 3. The molecule has 3 N–H and O–H groups in total. The third-order valence-corrected chi connectivity index (χ3v) is 5.81. The largest absolute Gasteiger partial charge is 1.00 e. The van der Waals surface area contributed by atoms with Gasteiger partial charge in [-0.15, -0.1) is 0 Å². The smallest absolute Gasteiger partial charge is 0.550 e. The maximum Gasteiger partial charge on any atom is 1.00 e. The van der Waals surface area contributed by atoms with Crippen LogP contribution in [0.15, 0.2) is 54.6 Å². The molecule has 0 aliphatic heterocycles. The molecule has 10 heteroatoms. The molecule has 2 atom stereocenters. The van der Waals surface area contributed by atoms with Gasteiger partial charge in [0.05, 0.1) is 17.9 Å². The van der Waals surface area contributed by atoms with Gasteiger partial charge in [0.1, 0.15) is 17.3 Å². The summed E-state index contributed by atoms with van der Waals surface area (Å²) in [5.41, 5.74) is 2.50. The molecule has 0 unspecified atom stereocenters. The van der Waals surface area contributed by atoms with Crippen molar-refractivity contribution in [2.75, 3.05) is 0 Å². The number of imidazole rings is 1. The van der Waals surface area contributed by atoms with Crippen LogP contribution in [0.1, 0.15) is 54.4 Å². The molecule has 0 aliphatic rings. The van der Waals surface area contributed by atoms with Gasteiger partial charge in [-0.25, -0.2) is 9.37 Å². The SMILES string of the molecule is CCCc1c(C(=O)NCc2ccccc2)nc(-c2ccc(F)cc2)n1CC[C@@H](O)C[C@@H](O)CC(=O)[O-].[Na+]. The van der Waals surface area contributed by atoms with Crippen molar-refractivity contribution in [3.63, 3.8) is 0 Å². The fourth-order valence-corrected chi connectivity index (χ4v) is 4.07. The fourth-order valence-electron chi connectivity index (χ4n) is 4.07. The predicted octanol–water partition coefficient (Wildman–Crippen LogP) is -0.782. The zero-order valence-electron chi connectivity index (χ0n) is 21.2. The van der Waals surface area contributed by atoms with E-state index in [0.717, 1.165) is 12.0 Å². The summed E-state index contributed by atoms with van der Waals surface area (Å²) < 4.78 is 15.4. The number of aromatic nitrogens is 2. The Hall–Kier alpha value is -2.56. The number of nitrogens with zero attached hydrogens (tertiary/aromatic N) is 2. The summed E-state index contributed by atoms with van der Waals surface area (Å²) in [6, 6.07) is 15.3. The van der Waals surface area contributed by atoms with E-state index >= 15 is 0 Å². The minimum atomic E-state index is -1.39. The van der Waals surface area contributed by atoms with Gasteiger partial charge >= 0.3 is 29.6 Å². The van der Waals surface area contributed by atoms with Gasteiger partial charge in [0, 0.05) is 31.0 Å². The molecule has 2 aromatic carbocycles. The molecule has 8 nitrogen and oxygen atoms in total. The van der Waals surface area contributed by atoms with Gasteiger partial charge < -0.3 is 30.0 Å². The molecule has 37 heavy (non-hydrogen) atoms. The number of halogens is 1. The Morgan fingerprint density at radius 2 is 1.76 bits per heavy atom. The molecule has 1 aromatic heterocycles. The van der Waals surface area contributed by atoms with Gasteiger partial charge in [0.25, 0.3) is 5.91 Å². The quantitative estimate of drug-likeness (QED) is 0.254. The van der Waals surface area contributed by atoms with E-state index in [1.54, 1.807) is 12.1 Å². The topological polar surface area (TPSA) is 128 Å². The molecule has 0 bridgehead atoms. The van der Waals surface area contributed by atoms with Crippen molar-refractivity contribution in [1.82, 2.24) is 14.9 Å². The van der Waals surface area contributed by atoms with E-state index in [4.69, 9.17) is 0 Å². The minimum Gasteiger partial charge on any atom is -0.550 e. The Morgan fingerprint density at radius 3 is 2.38 bits per heavy atom. The van der Waals surface area contributed by atoms with Crippen LogP contribution >= 0.6 is 0 Å². The van der Waals surface area contributed by atoms with Crippen LogP contribution in [0, 0.1) is 5.82 Å². The standard InChI is InChI=1S/C27H32FN3O5.Na/c1-2-6-23-25(27(36)29-17-18-7-4-3-5-8-18)30-26(19-9-11-20(28)12-10-19)31(23)14-13-21(32)15-22(33)16-24(34)35;/h3-5,7-12,21-22,32-33H,2,6,13-17H2,1H3,(H,29,36)(H,34,35);/q;+1/p-1/t21-,22-;/m1./s1. The van der Waals surface area contributed by atoms with Crippen LogP contribution in [-0.2, 0) is 24.3 Å².